The van der Waals surface area contributed by atoms with Gasteiger partial charge in [-0.1, -0.05) is 58.8 Å². The number of benzene rings is 1. The van der Waals surface area contributed by atoms with Gasteiger partial charge in [0.15, 0.2) is 5.78 Å². The Labute approximate surface area is 99.7 Å². The Morgan fingerprint density at radius 1 is 1.38 bits per heavy atom. The van der Waals surface area contributed by atoms with Crippen molar-refractivity contribution in [3.05, 3.63) is 30.3 Å². The minimum Gasteiger partial charge on any atom is -0.294 e. The summed E-state index contributed by atoms with van der Waals surface area (Å²) in [5, 5.41) is 1.18. The van der Waals surface area contributed by atoms with Crippen molar-refractivity contribution < 1.29 is 4.79 Å². The summed E-state index contributed by atoms with van der Waals surface area (Å²) in [5.74, 6) is 2.72. The van der Waals surface area contributed by atoms with Crippen LogP contribution in [-0.4, -0.2) is 11.6 Å². The van der Waals surface area contributed by atoms with E-state index in [-0.39, 0.29) is 5.78 Å². The smallest absolute Gasteiger partial charge is 0.160 e. The molecule has 1 aromatic rings. The highest BCUT2D eigenvalue weighted by atomic mass is 31.1. The molecule has 1 unspecified atom stereocenters. The maximum absolute atomic E-state index is 11.6. The average Bonchev–Trinajstić information content (AvgIpc) is 2.34. The molecule has 0 bridgehead atoms. The minimum atomic E-state index is 0.269. The van der Waals surface area contributed by atoms with Gasteiger partial charge in [0.2, 0.25) is 0 Å². The van der Waals surface area contributed by atoms with Crippen LogP contribution < -0.4 is 5.30 Å². The molecule has 86 valence electrons. The van der Waals surface area contributed by atoms with E-state index < -0.39 is 0 Å². The van der Waals surface area contributed by atoms with E-state index in [0.29, 0.717) is 12.3 Å². The largest absolute Gasteiger partial charge is 0.294 e. The SMILES string of the molecule is CCC(C)CCC(=O)C=Pc1ccccc1. The molecule has 0 N–H and O–H groups in total. The highest BCUT2D eigenvalue weighted by Gasteiger charge is 2.02. The van der Waals surface area contributed by atoms with Gasteiger partial charge in [-0.25, -0.2) is 0 Å². The van der Waals surface area contributed by atoms with E-state index in [0.717, 1.165) is 21.0 Å². The van der Waals surface area contributed by atoms with Crippen molar-refractivity contribution in [1.29, 1.82) is 0 Å². The third kappa shape index (κ3) is 5.23. The van der Waals surface area contributed by atoms with E-state index >= 15 is 0 Å². The highest BCUT2D eigenvalue weighted by Crippen LogP contribution is 2.09. The summed E-state index contributed by atoms with van der Waals surface area (Å²) in [7, 11) is 1.01. The molecule has 1 aromatic carbocycles. The second-order valence-corrected chi connectivity index (χ2v) is 5.14. The molecule has 0 aliphatic rings. The van der Waals surface area contributed by atoms with Crippen molar-refractivity contribution in [2.75, 3.05) is 0 Å². The summed E-state index contributed by atoms with van der Waals surface area (Å²) in [6.45, 7) is 4.36. The fourth-order valence-electron chi connectivity index (χ4n) is 1.32. The molecule has 0 saturated heterocycles. The van der Waals surface area contributed by atoms with Crippen molar-refractivity contribution in [2.45, 2.75) is 33.1 Å². The number of Topliss-reactive ketones (excluding diaryl/α,β-unsaturated/α-hetero) is 1. The van der Waals surface area contributed by atoms with Crippen molar-refractivity contribution in [1.82, 2.24) is 0 Å². The first-order chi connectivity index (χ1) is 7.72. The van der Waals surface area contributed by atoms with E-state index in [4.69, 9.17) is 0 Å². The highest BCUT2D eigenvalue weighted by molar-refractivity contribution is 7.49. The lowest BCUT2D eigenvalue weighted by Gasteiger charge is -2.04. The van der Waals surface area contributed by atoms with Gasteiger partial charge in [0.05, 0.1) is 0 Å². The van der Waals surface area contributed by atoms with E-state index in [1.807, 2.05) is 30.3 Å². The third-order valence-electron chi connectivity index (χ3n) is 2.69. The quantitative estimate of drug-likeness (QED) is 0.689. The van der Waals surface area contributed by atoms with Crippen molar-refractivity contribution in [2.24, 2.45) is 5.92 Å². The fraction of sp³-hybridized carbons (Fsp3) is 0.429. The van der Waals surface area contributed by atoms with E-state index in [1.54, 1.807) is 5.80 Å². The summed E-state index contributed by atoms with van der Waals surface area (Å²) in [5.41, 5.74) is 0. The van der Waals surface area contributed by atoms with Crippen LogP contribution in [0.15, 0.2) is 30.3 Å². The molecule has 1 rings (SSSR count). The molecule has 0 aliphatic carbocycles. The van der Waals surface area contributed by atoms with Crippen LogP contribution in [0, 0.1) is 5.92 Å². The molecule has 1 nitrogen and oxygen atoms in total. The Kier molecular flexibility index (Phi) is 6.03. The van der Waals surface area contributed by atoms with Crippen LogP contribution in [0.1, 0.15) is 33.1 Å². The van der Waals surface area contributed by atoms with Crippen LogP contribution in [-0.2, 0) is 4.79 Å². The number of carbonyl (C=O) groups excluding carboxylic acids is 1. The summed E-state index contributed by atoms with van der Waals surface area (Å²) >= 11 is 0. The number of ketones is 1. The van der Waals surface area contributed by atoms with Gasteiger partial charge in [0.1, 0.15) is 0 Å². The van der Waals surface area contributed by atoms with Gasteiger partial charge in [-0.05, 0) is 12.3 Å². The summed E-state index contributed by atoms with van der Waals surface area (Å²) in [6.07, 6.45) is 2.86. The molecule has 0 aromatic heterocycles. The maximum Gasteiger partial charge on any atom is 0.160 e. The molecule has 0 radical (unpaired) electrons. The lowest BCUT2D eigenvalue weighted by Crippen LogP contribution is -2.02. The van der Waals surface area contributed by atoms with Crippen LogP contribution in [0.4, 0.5) is 0 Å². The van der Waals surface area contributed by atoms with Crippen LogP contribution in [0.5, 0.6) is 0 Å². The summed E-state index contributed by atoms with van der Waals surface area (Å²) in [6, 6.07) is 10.1. The Bertz CT molecular complexity index is 343. The molecule has 0 aliphatic heterocycles. The van der Waals surface area contributed by atoms with Crippen LogP contribution >= 0.6 is 8.20 Å². The van der Waals surface area contributed by atoms with Crippen LogP contribution in [0.25, 0.3) is 0 Å². The number of hydrogen-bond donors (Lipinski definition) is 0. The topological polar surface area (TPSA) is 17.1 Å². The Hall–Kier alpha value is -0.940. The molecule has 2 heteroatoms. The molecule has 16 heavy (non-hydrogen) atoms. The third-order valence-corrected chi connectivity index (χ3v) is 3.71. The molecule has 0 saturated carbocycles. The predicted octanol–water partition coefficient (Wildman–Crippen LogP) is 3.46. The molecular formula is C14H19OP. The summed E-state index contributed by atoms with van der Waals surface area (Å²) in [4.78, 5) is 11.6. The average molecular weight is 234 g/mol. The van der Waals surface area contributed by atoms with Gasteiger partial charge in [-0.2, -0.15) is 0 Å². The van der Waals surface area contributed by atoms with Gasteiger partial charge < -0.3 is 0 Å². The first-order valence-electron chi connectivity index (χ1n) is 5.84. The number of carbonyl (C=O) groups is 1. The maximum atomic E-state index is 11.6. The van der Waals surface area contributed by atoms with Crippen molar-refractivity contribution in [3.8, 4) is 0 Å². The molecule has 0 fully saturated rings. The van der Waals surface area contributed by atoms with Gasteiger partial charge in [-0.15, -0.1) is 0 Å². The monoisotopic (exact) mass is 234 g/mol. The number of rotatable bonds is 6. The normalized spacial score (nSPS) is 12.9. The Balaban J connectivity index is 2.37. The first-order valence-corrected chi connectivity index (χ1v) is 6.80. The van der Waals surface area contributed by atoms with Gasteiger partial charge >= 0.3 is 0 Å². The zero-order valence-corrected chi connectivity index (χ0v) is 10.9. The van der Waals surface area contributed by atoms with Crippen molar-refractivity contribution in [3.63, 3.8) is 0 Å². The van der Waals surface area contributed by atoms with Gasteiger partial charge in [0, 0.05) is 17.5 Å². The standard InChI is InChI=1S/C14H19OP/c1-3-12(2)9-10-13(15)11-16-14-7-5-4-6-8-14/h4-8,11-12H,3,9-10H2,1-2H3. The van der Waals surface area contributed by atoms with Crippen LogP contribution in [0.3, 0.4) is 0 Å². The zero-order chi connectivity index (χ0) is 11.8. The minimum absolute atomic E-state index is 0.269. The molecule has 1 atom stereocenters. The summed E-state index contributed by atoms with van der Waals surface area (Å²) < 4.78 is 0. The molecule has 0 heterocycles. The second-order valence-electron chi connectivity index (χ2n) is 4.11. The fourth-order valence-corrected chi connectivity index (χ4v) is 2.08. The molecular weight excluding hydrogens is 215 g/mol. The van der Waals surface area contributed by atoms with Gasteiger partial charge in [0.25, 0.3) is 0 Å². The van der Waals surface area contributed by atoms with Crippen LogP contribution in [0.2, 0.25) is 0 Å². The van der Waals surface area contributed by atoms with E-state index in [9.17, 15) is 4.79 Å². The van der Waals surface area contributed by atoms with Crippen molar-refractivity contribution >= 4 is 25.1 Å². The zero-order valence-electron chi connectivity index (χ0n) is 10.0. The van der Waals surface area contributed by atoms with E-state index in [2.05, 4.69) is 13.8 Å². The van der Waals surface area contributed by atoms with E-state index in [1.165, 1.54) is 5.30 Å². The first kappa shape index (κ1) is 13.1. The predicted molar refractivity (Wildman–Crippen MR) is 72.8 cm³/mol. The second kappa shape index (κ2) is 7.35. The Morgan fingerprint density at radius 3 is 2.69 bits per heavy atom. The molecule has 0 amide bonds. The number of hydrogen-bond acceptors (Lipinski definition) is 1. The van der Waals surface area contributed by atoms with Gasteiger partial charge in [-0.3, -0.25) is 4.79 Å². The molecule has 0 spiro atoms. The lowest BCUT2D eigenvalue weighted by atomic mass is 10.0. The Morgan fingerprint density at radius 2 is 2.06 bits per heavy atom. The lowest BCUT2D eigenvalue weighted by molar-refractivity contribution is -0.112.